The summed E-state index contributed by atoms with van der Waals surface area (Å²) in [4.78, 5) is 0. The second-order valence-electron chi connectivity index (χ2n) is 4.10. The Morgan fingerprint density at radius 1 is 1.27 bits per heavy atom. The molecule has 0 heterocycles. The van der Waals surface area contributed by atoms with Crippen molar-refractivity contribution >= 4 is 0 Å². The van der Waals surface area contributed by atoms with Gasteiger partial charge in [0.15, 0.2) is 0 Å². The zero-order valence-corrected chi connectivity index (χ0v) is 9.86. The fraction of sp³-hybridized carbons (Fsp3) is 0.538. The minimum atomic E-state index is 0.0879. The molecule has 0 aliphatic carbocycles. The van der Waals surface area contributed by atoms with Crippen molar-refractivity contribution in [3.63, 3.8) is 0 Å². The minimum Gasteiger partial charge on any atom is -0.491 e. The SMILES string of the molecule is CCC[C@H](N)c1ccccc1OC(C)C. The molecule has 1 rings (SSSR count). The van der Waals surface area contributed by atoms with Gasteiger partial charge in [-0.05, 0) is 26.3 Å². The average molecular weight is 207 g/mol. The summed E-state index contributed by atoms with van der Waals surface area (Å²) < 4.78 is 5.73. The Kier molecular flexibility index (Phi) is 4.63. The quantitative estimate of drug-likeness (QED) is 0.804. The standard InChI is InChI=1S/C13H21NO/c1-4-7-12(14)11-8-5-6-9-13(11)15-10(2)3/h5-6,8-10,12H,4,7,14H2,1-3H3/t12-/m0/s1. The smallest absolute Gasteiger partial charge is 0.124 e. The lowest BCUT2D eigenvalue weighted by molar-refractivity contribution is 0.238. The fourth-order valence-corrected chi connectivity index (χ4v) is 1.61. The Balaban J connectivity index is 2.85. The summed E-state index contributed by atoms with van der Waals surface area (Å²) in [5, 5.41) is 0. The molecular formula is C13H21NO. The predicted octanol–water partition coefficient (Wildman–Crippen LogP) is 3.27. The van der Waals surface area contributed by atoms with Crippen LogP contribution in [0.2, 0.25) is 0 Å². The lowest BCUT2D eigenvalue weighted by Gasteiger charge is -2.18. The molecule has 0 unspecified atom stereocenters. The first-order valence-electron chi connectivity index (χ1n) is 5.66. The van der Waals surface area contributed by atoms with Crippen molar-refractivity contribution in [2.75, 3.05) is 0 Å². The van der Waals surface area contributed by atoms with Crippen LogP contribution < -0.4 is 10.5 Å². The monoisotopic (exact) mass is 207 g/mol. The van der Waals surface area contributed by atoms with E-state index in [9.17, 15) is 0 Å². The summed E-state index contributed by atoms with van der Waals surface area (Å²) >= 11 is 0. The Labute approximate surface area is 92.4 Å². The van der Waals surface area contributed by atoms with Crippen LogP contribution in [-0.4, -0.2) is 6.10 Å². The topological polar surface area (TPSA) is 35.2 Å². The number of para-hydroxylation sites is 1. The van der Waals surface area contributed by atoms with E-state index in [1.54, 1.807) is 0 Å². The molecule has 0 aliphatic rings. The van der Waals surface area contributed by atoms with E-state index in [0.29, 0.717) is 0 Å². The molecule has 0 saturated carbocycles. The van der Waals surface area contributed by atoms with E-state index in [0.717, 1.165) is 24.2 Å². The van der Waals surface area contributed by atoms with E-state index in [1.807, 2.05) is 32.0 Å². The van der Waals surface area contributed by atoms with Crippen LogP contribution in [0.3, 0.4) is 0 Å². The van der Waals surface area contributed by atoms with Gasteiger partial charge in [-0.1, -0.05) is 31.5 Å². The number of benzene rings is 1. The van der Waals surface area contributed by atoms with Crippen LogP contribution in [0, 0.1) is 0 Å². The van der Waals surface area contributed by atoms with E-state index in [1.165, 1.54) is 0 Å². The molecule has 0 aliphatic heterocycles. The van der Waals surface area contributed by atoms with Crippen LogP contribution in [0.4, 0.5) is 0 Å². The molecule has 15 heavy (non-hydrogen) atoms. The molecule has 0 spiro atoms. The molecule has 2 nitrogen and oxygen atoms in total. The molecule has 2 heteroatoms. The molecule has 0 saturated heterocycles. The van der Waals surface area contributed by atoms with Crippen molar-refractivity contribution in [2.24, 2.45) is 5.73 Å². The molecule has 1 aromatic rings. The summed E-state index contributed by atoms with van der Waals surface area (Å²) in [6, 6.07) is 8.13. The van der Waals surface area contributed by atoms with Gasteiger partial charge in [0.1, 0.15) is 5.75 Å². The lowest BCUT2D eigenvalue weighted by Crippen LogP contribution is -2.14. The van der Waals surface area contributed by atoms with Gasteiger partial charge in [-0.2, -0.15) is 0 Å². The lowest BCUT2D eigenvalue weighted by atomic mass is 10.0. The highest BCUT2D eigenvalue weighted by atomic mass is 16.5. The third-order valence-electron chi connectivity index (χ3n) is 2.28. The highest BCUT2D eigenvalue weighted by molar-refractivity contribution is 5.35. The predicted molar refractivity (Wildman–Crippen MR) is 64.0 cm³/mol. The molecular weight excluding hydrogens is 186 g/mol. The van der Waals surface area contributed by atoms with E-state index in [4.69, 9.17) is 10.5 Å². The first-order valence-corrected chi connectivity index (χ1v) is 5.66. The van der Waals surface area contributed by atoms with Crippen molar-refractivity contribution in [2.45, 2.75) is 45.8 Å². The van der Waals surface area contributed by atoms with Crippen LogP contribution in [-0.2, 0) is 0 Å². The van der Waals surface area contributed by atoms with Crippen molar-refractivity contribution in [3.05, 3.63) is 29.8 Å². The molecule has 0 fully saturated rings. The average Bonchev–Trinajstić information content (AvgIpc) is 2.18. The van der Waals surface area contributed by atoms with Crippen molar-refractivity contribution < 1.29 is 4.74 Å². The molecule has 0 amide bonds. The Hall–Kier alpha value is -1.02. The maximum Gasteiger partial charge on any atom is 0.124 e. The van der Waals surface area contributed by atoms with Gasteiger partial charge >= 0.3 is 0 Å². The Bertz CT molecular complexity index is 296. The molecule has 2 N–H and O–H groups in total. The fourth-order valence-electron chi connectivity index (χ4n) is 1.61. The van der Waals surface area contributed by atoms with Gasteiger partial charge in [-0.25, -0.2) is 0 Å². The minimum absolute atomic E-state index is 0.0879. The van der Waals surface area contributed by atoms with Crippen molar-refractivity contribution in [1.82, 2.24) is 0 Å². The van der Waals surface area contributed by atoms with Gasteiger partial charge in [0.25, 0.3) is 0 Å². The summed E-state index contributed by atoms with van der Waals surface area (Å²) in [7, 11) is 0. The summed E-state index contributed by atoms with van der Waals surface area (Å²) in [5.74, 6) is 0.924. The van der Waals surface area contributed by atoms with Gasteiger partial charge < -0.3 is 10.5 Å². The summed E-state index contributed by atoms with van der Waals surface area (Å²) in [6.07, 6.45) is 2.29. The number of hydrogen-bond acceptors (Lipinski definition) is 2. The maximum absolute atomic E-state index is 6.10. The zero-order chi connectivity index (χ0) is 11.3. The van der Waals surface area contributed by atoms with E-state index in [-0.39, 0.29) is 12.1 Å². The van der Waals surface area contributed by atoms with Crippen LogP contribution in [0.5, 0.6) is 5.75 Å². The van der Waals surface area contributed by atoms with Gasteiger partial charge in [0, 0.05) is 11.6 Å². The maximum atomic E-state index is 6.10. The normalized spacial score (nSPS) is 12.9. The second kappa shape index (κ2) is 5.76. The molecule has 1 aromatic carbocycles. The number of rotatable bonds is 5. The molecule has 84 valence electrons. The first-order chi connectivity index (χ1) is 7.15. The third-order valence-corrected chi connectivity index (χ3v) is 2.28. The summed E-state index contributed by atoms with van der Waals surface area (Å²) in [6.45, 7) is 6.20. The Morgan fingerprint density at radius 3 is 2.53 bits per heavy atom. The third kappa shape index (κ3) is 3.56. The molecule has 0 radical (unpaired) electrons. The highest BCUT2D eigenvalue weighted by Crippen LogP contribution is 2.26. The number of ether oxygens (including phenoxy) is 1. The van der Waals surface area contributed by atoms with Crippen LogP contribution in [0.1, 0.15) is 45.2 Å². The first kappa shape index (κ1) is 12.1. The van der Waals surface area contributed by atoms with Gasteiger partial charge in [0.05, 0.1) is 6.10 Å². The Morgan fingerprint density at radius 2 is 1.93 bits per heavy atom. The molecule has 1 atom stereocenters. The largest absolute Gasteiger partial charge is 0.491 e. The van der Waals surface area contributed by atoms with Gasteiger partial charge in [-0.3, -0.25) is 0 Å². The van der Waals surface area contributed by atoms with Gasteiger partial charge in [0.2, 0.25) is 0 Å². The van der Waals surface area contributed by atoms with Crippen LogP contribution in [0.25, 0.3) is 0 Å². The van der Waals surface area contributed by atoms with E-state index in [2.05, 4.69) is 13.0 Å². The summed E-state index contributed by atoms with van der Waals surface area (Å²) in [5.41, 5.74) is 7.22. The number of nitrogens with two attached hydrogens (primary N) is 1. The zero-order valence-electron chi connectivity index (χ0n) is 9.86. The van der Waals surface area contributed by atoms with Crippen LogP contribution >= 0.6 is 0 Å². The molecule has 0 bridgehead atoms. The van der Waals surface area contributed by atoms with Crippen molar-refractivity contribution in [3.8, 4) is 5.75 Å². The van der Waals surface area contributed by atoms with E-state index >= 15 is 0 Å². The molecule has 0 aromatic heterocycles. The van der Waals surface area contributed by atoms with E-state index < -0.39 is 0 Å². The second-order valence-corrected chi connectivity index (χ2v) is 4.10. The van der Waals surface area contributed by atoms with Gasteiger partial charge in [-0.15, -0.1) is 0 Å². The highest BCUT2D eigenvalue weighted by Gasteiger charge is 2.11. The van der Waals surface area contributed by atoms with Crippen LogP contribution in [0.15, 0.2) is 24.3 Å². The number of hydrogen-bond donors (Lipinski definition) is 1. The van der Waals surface area contributed by atoms with Crippen molar-refractivity contribution in [1.29, 1.82) is 0 Å².